The van der Waals surface area contributed by atoms with E-state index in [0.29, 0.717) is 41.7 Å². The molecule has 0 radical (unpaired) electrons. The van der Waals surface area contributed by atoms with E-state index in [1.54, 1.807) is 13.0 Å². The number of amides is 1. The number of oxazole rings is 1. The first kappa shape index (κ1) is 22.5. The number of carbonyl (C=O) groups excluding carboxylic acids is 2. The predicted octanol–water partition coefficient (Wildman–Crippen LogP) is 4.19. The van der Waals surface area contributed by atoms with Crippen LogP contribution in [0.5, 0.6) is 0 Å². The summed E-state index contributed by atoms with van der Waals surface area (Å²) in [6, 6.07) is 11.3. The minimum Gasteiger partial charge on any atom is -0.448 e. The maximum Gasteiger partial charge on any atom is 0.276 e. The van der Waals surface area contributed by atoms with E-state index in [2.05, 4.69) is 26.8 Å². The highest BCUT2D eigenvalue weighted by molar-refractivity contribution is 5.97. The Morgan fingerprint density at radius 2 is 1.97 bits per heavy atom. The normalized spacial score (nSPS) is 14.3. The number of fused-ring (bicyclic) bond motifs is 1. The number of hydrogen-bond donors (Lipinski definition) is 0. The molecule has 3 aromatic heterocycles. The summed E-state index contributed by atoms with van der Waals surface area (Å²) in [5.74, 6) is 0.667. The number of pyridine rings is 1. The summed E-state index contributed by atoms with van der Waals surface area (Å²) in [6.45, 7) is 3.07. The summed E-state index contributed by atoms with van der Waals surface area (Å²) < 4.78 is 7.31. The zero-order valence-corrected chi connectivity index (χ0v) is 19.7. The Morgan fingerprint density at radius 1 is 1.17 bits per heavy atom. The van der Waals surface area contributed by atoms with Crippen molar-refractivity contribution in [3.63, 3.8) is 0 Å². The zero-order chi connectivity index (χ0) is 24.5. The number of carbonyl (C=O) groups is 2. The van der Waals surface area contributed by atoms with Crippen molar-refractivity contribution in [3.05, 3.63) is 83.0 Å². The van der Waals surface area contributed by atoms with E-state index in [1.807, 2.05) is 30.1 Å². The standard InChI is InChI=1S/C27H25N5O3/c1-17-26(30-16-35-17)27(34)32-9-6-20(7-10-32)22-15-31(2)24-4-3-18(11-21(22)24)13-25(33)23-12-19(14-28)5-8-29-23/h3-5,8,11-12,15-16,20H,6-7,9-10,13H2,1-2H3. The zero-order valence-electron chi connectivity index (χ0n) is 19.7. The average Bonchev–Trinajstić information content (AvgIpc) is 3.46. The van der Waals surface area contributed by atoms with Gasteiger partial charge in [-0.3, -0.25) is 14.6 Å². The number of piperidine rings is 1. The van der Waals surface area contributed by atoms with Gasteiger partial charge in [0, 0.05) is 49.9 Å². The summed E-state index contributed by atoms with van der Waals surface area (Å²) in [5, 5.41) is 10.2. The molecule has 0 N–H and O–H groups in total. The molecule has 5 rings (SSSR count). The number of hydrogen-bond acceptors (Lipinski definition) is 6. The van der Waals surface area contributed by atoms with Crippen LogP contribution in [0, 0.1) is 18.3 Å². The molecule has 1 aliphatic heterocycles. The van der Waals surface area contributed by atoms with Crippen LogP contribution in [-0.4, -0.2) is 44.2 Å². The summed E-state index contributed by atoms with van der Waals surface area (Å²) in [5.41, 5.74) is 4.37. The monoisotopic (exact) mass is 467 g/mol. The minimum atomic E-state index is -0.117. The van der Waals surface area contributed by atoms with E-state index < -0.39 is 0 Å². The van der Waals surface area contributed by atoms with Gasteiger partial charge in [0.05, 0.1) is 11.6 Å². The maximum absolute atomic E-state index is 12.8. The van der Waals surface area contributed by atoms with Crippen molar-refractivity contribution >= 4 is 22.6 Å². The Kier molecular flexibility index (Phi) is 5.91. The number of benzene rings is 1. The van der Waals surface area contributed by atoms with Crippen molar-refractivity contribution in [2.24, 2.45) is 7.05 Å². The van der Waals surface area contributed by atoms with E-state index in [0.717, 1.165) is 29.3 Å². The van der Waals surface area contributed by atoms with Crippen molar-refractivity contribution in [3.8, 4) is 6.07 Å². The van der Waals surface area contributed by atoms with Crippen LogP contribution in [0.25, 0.3) is 10.9 Å². The molecule has 35 heavy (non-hydrogen) atoms. The molecular weight excluding hydrogens is 442 g/mol. The van der Waals surface area contributed by atoms with Crippen molar-refractivity contribution in [1.29, 1.82) is 5.26 Å². The van der Waals surface area contributed by atoms with Gasteiger partial charge in [-0.15, -0.1) is 0 Å². The van der Waals surface area contributed by atoms with Crippen molar-refractivity contribution in [1.82, 2.24) is 19.4 Å². The first-order chi connectivity index (χ1) is 16.9. The topological polar surface area (TPSA) is 105 Å². The molecule has 4 heterocycles. The molecule has 0 bridgehead atoms. The van der Waals surface area contributed by atoms with Crippen LogP contribution < -0.4 is 0 Å². The second-order valence-electron chi connectivity index (χ2n) is 9.01. The number of aromatic nitrogens is 3. The molecule has 4 aromatic rings. The van der Waals surface area contributed by atoms with E-state index >= 15 is 0 Å². The lowest BCUT2D eigenvalue weighted by atomic mass is 9.88. The molecule has 0 saturated carbocycles. The smallest absolute Gasteiger partial charge is 0.276 e. The molecular formula is C27H25N5O3. The Balaban J connectivity index is 1.34. The van der Waals surface area contributed by atoms with Crippen molar-refractivity contribution < 1.29 is 14.0 Å². The van der Waals surface area contributed by atoms with Gasteiger partial charge in [0.2, 0.25) is 0 Å². The highest BCUT2D eigenvalue weighted by Gasteiger charge is 2.28. The molecule has 8 nitrogen and oxygen atoms in total. The quantitative estimate of drug-likeness (QED) is 0.408. The first-order valence-electron chi connectivity index (χ1n) is 11.6. The Hall–Kier alpha value is -4.25. The third kappa shape index (κ3) is 4.33. The Bertz CT molecular complexity index is 1470. The van der Waals surface area contributed by atoms with Gasteiger partial charge in [-0.25, -0.2) is 4.98 Å². The second-order valence-corrected chi connectivity index (χ2v) is 9.01. The highest BCUT2D eigenvalue weighted by Crippen LogP contribution is 2.35. The largest absolute Gasteiger partial charge is 0.448 e. The van der Waals surface area contributed by atoms with Gasteiger partial charge >= 0.3 is 0 Å². The van der Waals surface area contributed by atoms with Crippen LogP contribution in [0.15, 0.2) is 53.5 Å². The third-order valence-corrected chi connectivity index (χ3v) is 6.79. The molecule has 0 atom stereocenters. The number of nitriles is 1. The number of rotatable bonds is 5. The molecule has 1 aliphatic rings. The van der Waals surface area contributed by atoms with Gasteiger partial charge < -0.3 is 13.9 Å². The third-order valence-electron chi connectivity index (χ3n) is 6.79. The molecule has 8 heteroatoms. The van der Waals surface area contributed by atoms with Gasteiger partial charge in [-0.05, 0) is 61.1 Å². The molecule has 0 spiro atoms. The number of likely N-dealkylation sites (tertiary alicyclic amines) is 1. The van der Waals surface area contributed by atoms with Crippen LogP contribution in [-0.2, 0) is 13.5 Å². The van der Waals surface area contributed by atoms with Gasteiger partial charge in [0.25, 0.3) is 5.91 Å². The van der Waals surface area contributed by atoms with Gasteiger partial charge in [0.1, 0.15) is 11.5 Å². The molecule has 176 valence electrons. The number of ketones is 1. The fourth-order valence-corrected chi connectivity index (χ4v) is 4.89. The lowest BCUT2D eigenvalue weighted by Gasteiger charge is -2.31. The molecule has 1 saturated heterocycles. The van der Waals surface area contributed by atoms with E-state index in [-0.39, 0.29) is 18.1 Å². The van der Waals surface area contributed by atoms with Crippen molar-refractivity contribution in [2.45, 2.75) is 32.1 Å². The summed E-state index contributed by atoms with van der Waals surface area (Å²) in [7, 11) is 2.03. The molecule has 1 fully saturated rings. The number of aryl methyl sites for hydroxylation is 2. The molecule has 1 aromatic carbocycles. The number of nitrogens with zero attached hydrogens (tertiary/aromatic N) is 5. The maximum atomic E-state index is 12.8. The van der Waals surface area contributed by atoms with Crippen LogP contribution in [0.2, 0.25) is 0 Å². The van der Waals surface area contributed by atoms with Gasteiger partial charge in [-0.2, -0.15) is 5.26 Å². The SMILES string of the molecule is Cc1ocnc1C(=O)N1CCC(c2cn(C)c3ccc(CC(=O)c4cc(C#N)ccn4)cc23)CC1. The first-order valence-corrected chi connectivity index (χ1v) is 11.6. The average molecular weight is 468 g/mol. The lowest BCUT2D eigenvalue weighted by Crippen LogP contribution is -2.38. The minimum absolute atomic E-state index is 0.0810. The second kappa shape index (κ2) is 9.18. The molecule has 1 amide bonds. The lowest BCUT2D eigenvalue weighted by molar-refractivity contribution is 0.0706. The Morgan fingerprint density at radius 3 is 2.69 bits per heavy atom. The van der Waals surface area contributed by atoms with Crippen LogP contribution in [0.4, 0.5) is 0 Å². The summed E-state index contributed by atoms with van der Waals surface area (Å²) in [4.78, 5) is 35.6. The van der Waals surface area contributed by atoms with Gasteiger partial charge in [-0.1, -0.05) is 6.07 Å². The van der Waals surface area contributed by atoms with Crippen LogP contribution in [0.3, 0.4) is 0 Å². The van der Waals surface area contributed by atoms with E-state index in [9.17, 15) is 9.59 Å². The summed E-state index contributed by atoms with van der Waals surface area (Å²) in [6.07, 6.45) is 6.90. The van der Waals surface area contributed by atoms with Gasteiger partial charge in [0.15, 0.2) is 17.9 Å². The Labute approximate surface area is 202 Å². The van der Waals surface area contributed by atoms with E-state index in [4.69, 9.17) is 9.68 Å². The molecule has 0 unspecified atom stereocenters. The summed E-state index contributed by atoms with van der Waals surface area (Å²) >= 11 is 0. The predicted molar refractivity (Wildman–Crippen MR) is 129 cm³/mol. The van der Waals surface area contributed by atoms with Crippen LogP contribution >= 0.6 is 0 Å². The molecule has 0 aliphatic carbocycles. The van der Waals surface area contributed by atoms with Crippen LogP contribution in [0.1, 0.15) is 62.2 Å². The highest BCUT2D eigenvalue weighted by atomic mass is 16.3. The fourth-order valence-electron chi connectivity index (χ4n) is 4.89. The number of Topliss-reactive ketones (excluding diaryl/α,β-unsaturated/α-hetero) is 1. The van der Waals surface area contributed by atoms with E-state index in [1.165, 1.54) is 24.2 Å². The van der Waals surface area contributed by atoms with Crippen molar-refractivity contribution in [2.75, 3.05) is 13.1 Å². The fraction of sp³-hybridized carbons (Fsp3) is 0.296.